The van der Waals surface area contributed by atoms with E-state index in [0.717, 1.165) is 0 Å². The summed E-state index contributed by atoms with van der Waals surface area (Å²) < 4.78 is 13.6. The van der Waals surface area contributed by atoms with Gasteiger partial charge in [-0.05, 0) is 18.2 Å². The Morgan fingerprint density at radius 2 is 2.10 bits per heavy atom. The molecule has 1 amide bonds. The van der Waals surface area contributed by atoms with Gasteiger partial charge < -0.3 is 10.6 Å². The van der Waals surface area contributed by atoms with Gasteiger partial charge in [-0.3, -0.25) is 9.78 Å². The van der Waals surface area contributed by atoms with Crippen molar-refractivity contribution in [3.05, 3.63) is 65.2 Å². The summed E-state index contributed by atoms with van der Waals surface area (Å²) in [6.45, 7) is 0.490. The summed E-state index contributed by atoms with van der Waals surface area (Å²) >= 11 is 0. The lowest BCUT2D eigenvalue weighted by atomic mass is 10.1. The van der Waals surface area contributed by atoms with E-state index in [1.807, 2.05) is 0 Å². The summed E-state index contributed by atoms with van der Waals surface area (Å²) in [5, 5.41) is 0. The van der Waals surface area contributed by atoms with E-state index in [1.165, 1.54) is 11.0 Å². The largest absolute Gasteiger partial charge is 0.337 e. The van der Waals surface area contributed by atoms with Crippen LogP contribution in [0.4, 0.5) is 4.39 Å². The minimum atomic E-state index is -0.315. The van der Waals surface area contributed by atoms with Gasteiger partial charge in [-0.25, -0.2) is 4.39 Å². The zero-order chi connectivity index (χ0) is 14.5. The van der Waals surface area contributed by atoms with Crippen LogP contribution in [0, 0.1) is 5.82 Å². The number of carbonyl (C=O) groups excluding carboxylic acids is 1. The first-order valence-electron chi connectivity index (χ1n) is 6.25. The molecule has 4 nitrogen and oxygen atoms in total. The number of benzene rings is 1. The second-order valence-corrected chi connectivity index (χ2v) is 4.49. The van der Waals surface area contributed by atoms with E-state index in [9.17, 15) is 9.18 Å². The molecule has 2 aromatic rings. The Morgan fingerprint density at radius 1 is 1.35 bits per heavy atom. The molecule has 0 aliphatic rings. The van der Waals surface area contributed by atoms with Crippen molar-refractivity contribution in [3.8, 4) is 0 Å². The summed E-state index contributed by atoms with van der Waals surface area (Å²) in [5.41, 5.74) is 7.13. The van der Waals surface area contributed by atoms with Crippen molar-refractivity contribution in [2.45, 2.75) is 13.1 Å². The van der Waals surface area contributed by atoms with Crippen LogP contribution in [0.1, 0.15) is 21.6 Å². The third kappa shape index (κ3) is 3.19. The van der Waals surface area contributed by atoms with Crippen LogP contribution < -0.4 is 5.73 Å². The molecule has 0 spiro atoms. The Bertz CT molecular complexity index is 616. The van der Waals surface area contributed by atoms with Gasteiger partial charge in [0.2, 0.25) is 0 Å². The van der Waals surface area contributed by atoms with E-state index in [-0.39, 0.29) is 24.8 Å². The third-order valence-electron chi connectivity index (χ3n) is 2.98. The number of amides is 1. The van der Waals surface area contributed by atoms with Crippen LogP contribution in [-0.2, 0) is 13.1 Å². The number of nitrogens with two attached hydrogens (primary N) is 1. The van der Waals surface area contributed by atoms with E-state index in [1.54, 1.807) is 43.6 Å². The summed E-state index contributed by atoms with van der Waals surface area (Å²) in [7, 11) is 1.64. The number of hydrogen-bond acceptors (Lipinski definition) is 3. The molecule has 0 unspecified atom stereocenters. The second kappa shape index (κ2) is 6.25. The maximum absolute atomic E-state index is 13.6. The minimum Gasteiger partial charge on any atom is -0.337 e. The second-order valence-electron chi connectivity index (χ2n) is 4.49. The molecule has 0 atom stereocenters. The number of halogens is 1. The van der Waals surface area contributed by atoms with Crippen molar-refractivity contribution >= 4 is 5.91 Å². The molecule has 0 bridgehead atoms. The zero-order valence-electron chi connectivity index (χ0n) is 11.2. The predicted octanol–water partition coefficient (Wildman–Crippen LogP) is 1.95. The highest BCUT2D eigenvalue weighted by Crippen LogP contribution is 2.12. The fourth-order valence-corrected chi connectivity index (χ4v) is 1.90. The third-order valence-corrected chi connectivity index (χ3v) is 2.98. The minimum absolute atomic E-state index is 0.189. The lowest BCUT2D eigenvalue weighted by molar-refractivity contribution is 0.0783. The van der Waals surface area contributed by atoms with E-state index in [0.29, 0.717) is 16.8 Å². The van der Waals surface area contributed by atoms with Gasteiger partial charge in [-0.15, -0.1) is 0 Å². The Kier molecular flexibility index (Phi) is 4.42. The molecule has 2 N–H and O–H groups in total. The highest BCUT2D eigenvalue weighted by molar-refractivity contribution is 5.94. The first-order valence-corrected chi connectivity index (χ1v) is 6.25. The fraction of sp³-hybridized carbons (Fsp3) is 0.200. The lowest BCUT2D eigenvalue weighted by Gasteiger charge is -2.18. The Hall–Kier alpha value is -2.27. The molecule has 0 fully saturated rings. The fourth-order valence-electron chi connectivity index (χ4n) is 1.90. The Balaban J connectivity index is 2.14. The molecule has 5 heteroatoms. The number of rotatable bonds is 4. The topological polar surface area (TPSA) is 59.2 Å². The number of hydrogen-bond donors (Lipinski definition) is 1. The maximum Gasteiger partial charge on any atom is 0.254 e. The van der Waals surface area contributed by atoms with Crippen molar-refractivity contribution < 1.29 is 9.18 Å². The van der Waals surface area contributed by atoms with Gasteiger partial charge in [0, 0.05) is 37.5 Å². The maximum atomic E-state index is 13.6. The zero-order valence-corrected chi connectivity index (χ0v) is 11.2. The van der Waals surface area contributed by atoms with Crippen molar-refractivity contribution in [3.63, 3.8) is 0 Å². The van der Waals surface area contributed by atoms with Crippen LogP contribution in [0.5, 0.6) is 0 Å². The Morgan fingerprint density at radius 3 is 2.80 bits per heavy atom. The van der Waals surface area contributed by atoms with Gasteiger partial charge in [0.25, 0.3) is 5.91 Å². The summed E-state index contributed by atoms with van der Waals surface area (Å²) in [5.74, 6) is -0.505. The van der Waals surface area contributed by atoms with Gasteiger partial charge in [0.15, 0.2) is 0 Å². The van der Waals surface area contributed by atoms with Crippen LogP contribution in [0.2, 0.25) is 0 Å². The van der Waals surface area contributed by atoms with Gasteiger partial charge in [0.05, 0.1) is 5.69 Å². The molecule has 0 aliphatic carbocycles. The first-order chi connectivity index (χ1) is 9.61. The number of nitrogens with zero attached hydrogens (tertiary/aromatic N) is 2. The van der Waals surface area contributed by atoms with Gasteiger partial charge in [0.1, 0.15) is 5.82 Å². The van der Waals surface area contributed by atoms with Crippen molar-refractivity contribution in [2.75, 3.05) is 7.05 Å². The summed E-state index contributed by atoms with van der Waals surface area (Å²) in [4.78, 5) is 17.8. The normalized spacial score (nSPS) is 10.3. The van der Waals surface area contributed by atoms with Gasteiger partial charge >= 0.3 is 0 Å². The predicted molar refractivity (Wildman–Crippen MR) is 74.3 cm³/mol. The van der Waals surface area contributed by atoms with Crippen LogP contribution >= 0.6 is 0 Å². The molecule has 1 aromatic heterocycles. The average Bonchev–Trinajstić information content (AvgIpc) is 2.48. The van der Waals surface area contributed by atoms with E-state index < -0.39 is 0 Å². The highest BCUT2D eigenvalue weighted by atomic mass is 19.1. The smallest absolute Gasteiger partial charge is 0.254 e. The standard InChI is InChI=1S/C15H16FN3O/c1-19(10-12-4-2-3-5-14(12)16)15(20)11-6-7-18-13(8-11)9-17/h2-8H,9-10,17H2,1H3. The van der Waals surface area contributed by atoms with Crippen LogP contribution in [0.15, 0.2) is 42.6 Å². The molecule has 104 valence electrons. The van der Waals surface area contributed by atoms with Crippen LogP contribution in [0.3, 0.4) is 0 Å². The molecule has 0 radical (unpaired) electrons. The first kappa shape index (κ1) is 14.1. The summed E-state index contributed by atoms with van der Waals surface area (Å²) in [6, 6.07) is 9.69. The van der Waals surface area contributed by atoms with E-state index in [4.69, 9.17) is 5.73 Å². The molecule has 0 saturated carbocycles. The Labute approximate surface area is 117 Å². The molecular formula is C15H16FN3O. The van der Waals surface area contributed by atoms with Crippen molar-refractivity contribution in [1.29, 1.82) is 0 Å². The lowest BCUT2D eigenvalue weighted by Crippen LogP contribution is -2.26. The van der Waals surface area contributed by atoms with Crippen LogP contribution in [0.25, 0.3) is 0 Å². The molecule has 2 rings (SSSR count). The highest BCUT2D eigenvalue weighted by Gasteiger charge is 2.14. The summed E-state index contributed by atoms with van der Waals surface area (Å²) in [6.07, 6.45) is 1.55. The SMILES string of the molecule is CN(Cc1ccccc1F)C(=O)c1ccnc(CN)c1. The average molecular weight is 273 g/mol. The molecule has 20 heavy (non-hydrogen) atoms. The number of carbonyl (C=O) groups is 1. The number of aromatic nitrogens is 1. The van der Waals surface area contributed by atoms with E-state index >= 15 is 0 Å². The van der Waals surface area contributed by atoms with E-state index in [2.05, 4.69) is 4.98 Å². The van der Waals surface area contributed by atoms with Crippen molar-refractivity contribution in [1.82, 2.24) is 9.88 Å². The van der Waals surface area contributed by atoms with Gasteiger partial charge in [-0.2, -0.15) is 0 Å². The van der Waals surface area contributed by atoms with Gasteiger partial charge in [-0.1, -0.05) is 18.2 Å². The monoisotopic (exact) mass is 273 g/mol. The number of pyridine rings is 1. The van der Waals surface area contributed by atoms with Crippen molar-refractivity contribution in [2.24, 2.45) is 5.73 Å². The molecule has 0 saturated heterocycles. The molecule has 1 aromatic carbocycles. The van der Waals surface area contributed by atoms with Crippen LogP contribution in [-0.4, -0.2) is 22.8 Å². The quantitative estimate of drug-likeness (QED) is 0.926. The molecule has 1 heterocycles. The molecular weight excluding hydrogens is 257 g/mol. The molecule has 0 aliphatic heterocycles.